The fraction of sp³-hybridized carbons (Fsp3) is 0.421. The number of hydrogen-bond acceptors (Lipinski definition) is 0. The first-order chi connectivity index (χ1) is 10.8. The van der Waals surface area contributed by atoms with Crippen molar-refractivity contribution in [1.82, 2.24) is 0 Å². The molecular formula is C19H33B2N2Y2+. The third-order valence-electron chi connectivity index (χ3n) is 2.52. The van der Waals surface area contributed by atoms with Crippen molar-refractivity contribution in [2.75, 3.05) is 0 Å². The molecule has 0 aromatic carbocycles. The Morgan fingerprint density at radius 3 is 1.40 bits per heavy atom. The molecule has 0 unspecified atom stereocenters. The van der Waals surface area contributed by atoms with E-state index in [1.54, 1.807) is 0 Å². The van der Waals surface area contributed by atoms with E-state index in [0.29, 0.717) is 0 Å². The number of aromatic nitrogens is 2. The molecule has 4 radical (unpaired) electrons. The van der Waals surface area contributed by atoms with Gasteiger partial charge in [-0.2, -0.15) is 0 Å². The van der Waals surface area contributed by atoms with Crippen LogP contribution in [0, 0.1) is 6.82 Å². The summed E-state index contributed by atoms with van der Waals surface area (Å²) in [5.74, 6) is 0. The fourth-order valence-electron chi connectivity index (χ4n) is 1.54. The Morgan fingerprint density at radius 2 is 1.08 bits per heavy atom. The number of nitrogens with zero attached hydrogens (tertiary/aromatic N) is 2. The van der Waals surface area contributed by atoms with E-state index >= 15 is 0 Å². The minimum absolute atomic E-state index is 0. The average molecular weight is 489 g/mol. The Labute approximate surface area is 208 Å². The summed E-state index contributed by atoms with van der Waals surface area (Å²) in [5, 5.41) is 0. The number of hydrogen-bond donors (Lipinski definition) is 0. The van der Waals surface area contributed by atoms with Crippen molar-refractivity contribution in [3.05, 3.63) is 68.0 Å². The second-order valence-corrected chi connectivity index (χ2v) is 4.84. The van der Waals surface area contributed by atoms with Gasteiger partial charge in [-0.15, -0.1) is 0 Å². The summed E-state index contributed by atoms with van der Waals surface area (Å²) < 4.78 is 4.22. The third kappa shape index (κ3) is 22.6. The van der Waals surface area contributed by atoms with Crippen molar-refractivity contribution >= 4 is 14.6 Å². The molecule has 0 aliphatic heterocycles. The first kappa shape index (κ1) is 33.2. The van der Waals surface area contributed by atoms with Gasteiger partial charge in [0.1, 0.15) is 6.44 Å². The topological polar surface area (TPSA) is 7.76 Å². The standard InChI is InChI=1S/C8H12BN.C7H9BN.C3H8.CH4.2Y/c1-2-9-8-10-6-4-3-5-7-10;1-8-7-9-5-3-2-4-6-9;1-3-2;;;/h3-7H,2,8H2,1H3;2-6H,1,7H2;3H2,1-2H3;1H4;;/q+1;;;;;. The van der Waals surface area contributed by atoms with Crippen LogP contribution >= 0.6 is 0 Å². The molecule has 2 aromatic rings. The molecule has 2 heterocycles. The molecule has 6 heteroatoms. The van der Waals surface area contributed by atoms with Gasteiger partial charge >= 0.3 is 0 Å². The van der Waals surface area contributed by atoms with E-state index in [2.05, 4.69) is 56.4 Å². The molecule has 25 heavy (non-hydrogen) atoms. The Hall–Kier alpha value is 0.638. The molecule has 2 rings (SSSR count). The van der Waals surface area contributed by atoms with Crippen LogP contribution in [0.4, 0.5) is 0 Å². The molecule has 0 atom stereocenters. The maximum absolute atomic E-state index is 3.64. The van der Waals surface area contributed by atoms with Gasteiger partial charge in [0, 0.05) is 89.7 Å². The van der Waals surface area contributed by atoms with E-state index in [4.69, 9.17) is 0 Å². The van der Waals surface area contributed by atoms with Gasteiger partial charge in [0.05, 0.1) is 6.44 Å². The Kier molecular flexibility index (Phi) is 35.7. The number of pyridine rings is 2. The van der Waals surface area contributed by atoms with Gasteiger partial charge in [-0.1, -0.05) is 53.1 Å². The monoisotopic (exact) mass is 489 g/mol. The van der Waals surface area contributed by atoms with Crippen LogP contribution in [0.5, 0.6) is 0 Å². The van der Waals surface area contributed by atoms with Gasteiger partial charge in [0.15, 0.2) is 24.8 Å². The molecule has 0 N–H and O–H groups in total. The van der Waals surface area contributed by atoms with Gasteiger partial charge in [0.2, 0.25) is 7.28 Å². The van der Waals surface area contributed by atoms with Crippen molar-refractivity contribution in [2.45, 2.75) is 53.8 Å². The molecule has 2 aromatic heterocycles. The maximum Gasteiger partial charge on any atom is 0.200 e. The second-order valence-electron chi connectivity index (χ2n) is 4.84. The first-order valence-electron chi connectivity index (χ1n) is 8.09. The Balaban J connectivity index is -0.000000139. The van der Waals surface area contributed by atoms with Crippen LogP contribution in [0.25, 0.3) is 0 Å². The summed E-state index contributed by atoms with van der Waals surface area (Å²) in [6.45, 7) is 10.0. The third-order valence-corrected chi connectivity index (χ3v) is 2.52. The molecule has 0 saturated carbocycles. The van der Waals surface area contributed by atoms with Crippen molar-refractivity contribution in [1.29, 1.82) is 0 Å². The van der Waals surface area contributed by atoms with Crippen LogP contribution < -0.4 is 9.13 Å². The van der Waals surface area contributed by atoms with E-state index in [0.717, 1.165) is 19.2 Å². The molecular weight excluding hydrogens is 456 g/mol. The summed E-state index contributed by atoms with van der Waals surface area (Å²) in [6, 6.07) is 12.1. The zero-order valence-electron chi connectivity index (χ0n) is 15.5. The number of rotatable bonds is 5. The smallest absolute Gasteiger partial charge is 0.200 e. The predicted molar refractivity (Wildman–Crippen MR) is 103 cm³/mol. The molecule has 130 valence electrons. The largest absolute Gasteiger partial charge is 0.367 e. The van der Waals surface area contributed by atoms with Crippen LogP contribution in [0.15, 0.2) is 61.2 Å². The summed E-state index contributed by atoms with van der Waals surface area (Å²) in [7, 11) is 4.12. The van der Waals surface area contributed by atoms with Crippen LogP contribution in [-0.4, -0.2) is 14.6 Å². The molecule has 2 nitrogen and oxygen atoms in total. The zero-order valence-corrected chi connectivity index (χ0v) is 21.2. The molecule has 0 bridgehead atoms. The van der Waals surface area contributed by atoms with Gasteiger partial charge < -0.3 is 6.82 Å². The van der Waals surface area contributed by atoms with Gasteiger partial charge in [-0.3, -0.25) is 0 Å². The van der Waals surface area contributed by atoms with Crippen LogP contribution in [0.2, 0.25) is 6.32 Å². The van der Waals surface area contributed by atoms with Gasteiger partial charge in [-0.05, 0) is 7.28 Å². The molecule has 0 amide bonds. The molecule has 0 aliphatic carbocycles. The molecule has 0 spiro atoms. The van der Waals surface area contributed by atoms with E-state index in [9.17, 15) is 0 Å². The van der Waals surface area contributed by atoms with Crippen LogP contribution in [-0.2, 0) is 78.3 Å². The fourth-order valence-corrected chi connectivity index (χ4v) is 1.54. The van der Waals surface area contributed by atoms with Gasteiger partial charge in [-0.25, -0.2) is 9.13 Å². The summed E-state index contributed by atoms with van der Waals surface area (Å²) in [5.41, 5.74) is 0. The minimum atomic E-state index is 0. The molecule has 0 saturated heterocycles. The normalized spacial score (nSPS) is 7.68. The van der Waals surface area contributed by atoms with E-state index in [-0.39, 0.29) is 72.8 Å². The van der Waals surface area contributed by atoms with Crippen molar-refractivity contribution in [2.24, 2.45) is 0 Å². The van der Waals surface area contributed by atoms with E-state index in [1.165, 1.54) is 6.42 Å². The summed E-state index contributed by atoms with van der Waals surface area (Å²) in [4.78, 5) is 0. The summed E-state index contributed by atoms with van der Waals surface area (Å²) in [6.07, 6.45) is 12.5. The quantitative estimate of drug-likeness (QED) is 0.345. The predicted octanol–water partition coefficient (Wildman–Crippen LogP) is 3.55. The zero-order chi connectivity index (χ0) is 16.5. The second kappa shape index (κ2) is 26.9. The average Bonchev–Trinajstić information content (AvgIpc) is 2.57. The summed E-state index contributed by atoms with van der Waals surface area (Å²) >= 11 is 0. The van der Waals surface area contributed by atoms with Crippen molar-refractivity contribution in [3.63, 3.8) is 0 Å². The van der Waals surface area contributed by atoms with Crippen molar-refractivity contribution in [3.8, 4) is 0 Å². The van der Waals surface area contributed by atoms with Gasteiger partial charge in [0.25, 0.3) is 0 Å². The molecule has 0 aliphatic rings. The van der Waals surface area contributed by atoms with Crippen molar-refractivity contribution < 1.29 is 74.6 Å². The Morgan fingerprint density at radius 1 is 0.720 bits per heavy atom. The van der Waals surface area contributed by atoms with Crippen LogP contribution in [0.1, 0.15) is 34.6 Å². The SMILES string of the molecule is C.CCC.CC[B]C[n+]1ccccc1.[CH2-][B]C[n+]1ccccc1.[Y].[Y]. The van der Waals surface area contributed by atoms with E-state index in [1.807, 2.05) is 56.1 Å². The molecule has 0 fully saturated rings. The van der Waals surface area contributed by atoms with E-state index < -0.39 is 0 Å². The first-order valence-corrected chi connectivity index (χ1v) is 8.09. The Bertz CT molecular complexity index is 446. The maximum atomic E-state index is 3.64. The minimum Gasteiger partial charge on any atom is -0.367 e. The van der Waals surface area contributed by atoms with Crippen LogP contribution in [0.3, 0.4) is 0 Å².